The van der Waals surface area contributed by atoms with E-state index in [4.69, 9.17) is 11.6 Å². The standard InChI is InChI=1S/C21H13ClFN5O/c1-28-20(22)14(7-26-28)16-6-13-17(9-24-16)27-21-19(13)18(15(23)8-25-21)12-4-2-11(10-29)3-5-12/h2-10H,1H3,(H,25,27). The molecule has 4 heterocycles. The van der Waals surface area contributed by atoms with Crippen molar-refractivity contribution < 1.29 is 9.18 Å². The first-order valence-corrected chi connectivity index (χ1v) is 9.14. The van der Waals surface area contributed by atoms with E-state index in [0.29, 0.717) is 44.1 Å². The number of H-pyrrole nitrogens is 1. The van der Waals surface area contributed by atoms with E-state index in [2.05, 4.69) is 20.1 Å². The van der Waals surface area contributed by atoms with Crippen LogP contribution in [0, 0.1) is 5.82 Å². The summed E-state index contributed by atoms with van der Waals surface area (Å²) >= 11 is 6.32. The number of aromatic amines is 1. The van der Waals surface area contributed by atoms with E-state index in [9.17, 15) is 9.18 Å². The first kappa shape index (κ1) is 17.5. The van der Waals surface area contributed by atoms with Crippen LogP contribution in [-0.4, -0.2) is 31.0 Å². The van der Waals surface area contributed by atoms with Gasteiger partial charge in [-0.1, -0.05) is 35.9 Å². The number of aryl methyl sites for hydroxylation is 1. The minimum atomic E-state index is -0.449. The molecule has 0 radical (unpaired) electrons. The van der Waals surface area contributed by atoms with Gasteiger partial charge in [-0.2, -0.15) is 5.10 Å². The van der Waals surface area contributed by atoms with Gasteiger partial charge in [-0.3, -0.25) is 14.5 Å². The Morgan fingerprint density at radius 2 is 1.93 bits per heavy atom. The number of fused-ring (bicyclic) bond motifs is 3. The van der Waals surface area contributed by atoms with E-state index >= 15 is 0 Å². The van der Waals surface area contributed by atoms with Crippen LogP contribution in [0.15, 0.2) is 48.9 Å². The van der Waals surface area contributed by atoms with E-state index < -0.39 is 5.82 Å². The van der Waals surface area contributed by atoms with E-state index in [1.807, 2.05) is 6.07 Å². The second-order valence-electron chi connectivity index (χ2n) is 6.66. The summed E-state index contributed by atoms with van der Waals surface area (Å²) in [5.41, 5.74) is 4.18. The Bertz CT molecular complexity index is 1400. The van der Waals surface area contributed by atoms with Gasteiger partial charge in [0.2, 0.25) is 0 Å². The molecule has 1 N–H and O–H groups in total. The first-order valence-electron chi connectivity index (χ1n) is 8.76. The molecule has 0 saturated heterocycles. The lowest BCUT2D eigenvalue weighted by atomic mass is 9.99. The fourth-order valence-electron chi connectivity index (χ4n) is 3.49. The van der Waals surface area contributed by atoms with Gasteiger partial charge >= 0.3 is 0 Å². The molecule has 29 heavy (non-hydrogen) atoms. The number of carbonyl (C=O) groups is 1. The number of aromatic nitrogens is 5. The summed E-state index contributed by atoms with van der Waals surface area (Å²) in [6.07, 6.45) is 5.26. The molecule has 0 bridgehead atoms. The highest BCUT2D eigenvalue weighted by molar-refractivity contribution is 6.32. The minimum Gasteiger partial charge on any atom is -0.338 e. The number of pyridine rings is 2. The number of halogens is 2. The fraction of sp³-hybridized carbons (Fsp3) is 0.0476. The Morgan fingerprint density at radius 3 is 2.62 bits per heavy atom. The molecule has 0 saturated carbocycles. The number of hydrogen-bond acceptors (Lipinski definition) is 4. The normalized spacial score (nSPS) is 11.4. The second-order valence-corrected chi connectivity index (χ2v) is 7.02. The van der Waals surface area contributed by atoms with Crippen LogP contribution in [0.4, 0.5) is 4.39 Å². The SMILES string of the molecule is Cn1ncc(-c2cc3c(cn2)[nH]c2ncc(F)c(-c4ccc(C=O)cc4)c23)c1Cl. The van der Waals surface area contributed by atoms with Crippen molar-refractivity contribution >= 4 is 39.8 Å². The molecule has 0 spiro atoms. The van der Waals surface area contributed by atoms with Crippen molar-refractivity contribution in [1.29, 1.82) is 0 Å². The lowest BCUT2D eigenvalue weighted by Gasteiger charge is -2.07. The van der Waals surface area contributed by atoms with Crippen molar-refractivity contribution in [1.82, 2.24) is 24.7 Å². The van der Waals surface area contributed by atoms with Crippen LogP contribution in [0.2, 0.25) is 5.15 Å². The maximum atomic E-state index is 14.9. The van der Waals surface area contributed by atoms with Crippen molar-refractivity contribution in [2.75, 3.05) is 0 Å². The maximum Gasteiger partial charge on any atom is 0.150 e. The molecule has 0 atom stereocenters. The predicted molar refractivity (Wildman–Crippen MR) is 109 cm³/mol. The topological polar surface area (TPSA) is 76.5 Å². The number of nitrogens with one attached hydrogen (secondary N) is 1. The summed E-state index contributed by atoms with van der Waals surface area (Å²) < 4.78 is 16.4. The summed E-state index contributed by atoms with van der Waals surface area (Å²) in [6, 6.07) is 8.61. The molecule has 0 aliphatic rings. The highest BCUT2D eigenvalue weighted by Gasteiger charge is 2.18. The second kappa shape index (κ2) is 6.49. The minimum absolute atomic E-state index is 0.410. The molecular formula is C21H13ClFN5O. The van der Waals surface area contributed by atoms with Gasteiger partial charge in [0, 0.05) is 28.9 Å². The first-order chi connectivity index (χ1) is 14.1. The van der Waals surface area contributed by atoms with E-state index in [-0.39, 0.29) is 0 Å². The van der Waals surface area contributed by atoms with Crippen LogP contribution in [-0.2, 0) is 7.05 Å². The zero-order valence-corrected chi connectivity index (χ0v) is 15.9. The third-order valence-electron chi connectivity index (χ3n) is 4.94. The van der Waals surface area contributed by atoms with Crippen LogP contribution in [0.3, 0.4) is 0 Å². The van der Waals surface area contributed by atoms with Crippen molar-refractivity contribution in [2.24, 2.45) is 7.05 Å². The Morgan fingerprint density at radius 1 is 1.14 bits per heavy atom. The third kappa shape index (κ3) is 2.70. The number of rotatable bonds is 3. The summed E-state index contributed by atoms with van der Waals surface area (Å²) in [5, 5.41) is 6.03. The highest BCUT2D eigenvalue weighted by Crippen LogP contribution is 2.37. The summed E-state index contributed by atoms with van der Waals surface area (Å²) in [7, 11) is 1.75. The van der Waals surface area contributed by atoms with Crippen LogP contribution < -0.4 is 0 Å². The average Bonchev–Trinajstić information content (AvgIpc) is 3.28. The van der Waals surface area contributed by atoms with Gasteiger partial charge in [0.25, 0.3) is 0 Å². The summed E-state index contributed by atoms with van der Waals surface area (Å²) in [5.74, 6) is -0.449. The Hall–Kier alpha value is -3.58. The van der Waals surface area contributed by atoms with E-state index in [0.717, 1.165) is 17.2 Å². The van der Waals surface area contributed by atoms with Gasteiger partial charge in [-0.05, 0) is 11.6 Å². The molecule has 142 valence electrons. The van der Waals surface area contributed by atoms with E-state index in [1.165, 1.54) is 6.20 Å². The summed E-state index contributed by atoms with van der Waals surface area (Å²) in [4.78, 5) is 22.8. The van der Waals surface area contributed by atoms with Crippen molar-refractivity contribution in [3.05, 3.63) is 65.5 Å². The number of aldehydes is 1. The van der Waals surface area contributed by atoms with Gasteiger partial charge in [0.05, 0.1) is 35.4 Å². The highest BCUT2D eigenvalue weighted by atomic mass is 35.5. The molecule has 4 aromatic heterocycles. The smallest absolute Gasteiger partial charge is 0.150 e. The van der Waals surface area contributed by atoms with Crippen LogP contribution in [0.5, 0.6) is 0 Å². The van der Waals surface area contributed by atoms with Gasteiger partial charge in [0.1, 0.15) is 22.9 Å². The number of hydrogen-bond donors (Lipinski definition) is 1. The van der Waals surface area contributed by atoms with Gasteiger partial charge in [0.15, 0.2) is 0 Å². The molecule has 0 aliphatic heterocycles. The largest absolute Gasteiger partial charge is 0.338 e. The average molecular weight is 406 g/mol. The quantitative estimate of drug-likeness (QED) is 0.438. The van der Waals surface area contributed by atoms with Gasteiger partial charge < -0.3 is 4.98 Å². The lowest BCUT2D eigenvalue weighted by Crippen LogP contribution is -1.90. The van der Waals surface area contributed by atoms with Crippen molar-refractivity contribution in [3.8, 4) is 22.4 Å². The van der Waals surface area contributed by atoms with Crippen molar-refractivity contribution in [3.63, 3.8) is 0 Å². The molecular weight excluding hydrogens is 393 g/mol. The van der Waals surface area contributed by atoms with Gasteiger partial charge in [-0.15, -0.1) is 0 Å². The van der Waals surface area contributed by atoms with Gasteiger partial charge in [-0.25, -0.2) is 9.37 Å². The molecule has 8 heteroatoms. The zero-order chi connectivity index (χ0) is 20.1. The number of carbonyl (C=O) groups excluding carboxylic acids is 1. The molecule has 0 unspecified atom stereocenters. The fourth-order valence-corrected chi connectivity index (χ4v) is 3.68. The Balaban J connectivity index is 1.81. The maximum absolute atomic E-state index is 14.9. The molecule has 5 aromatic rings. The monoisotopic (exact) mass is 405 g/mol. The number of nitrogens with zero attached hydrogens (tertiary/aromatic N) is 4. The van der Waals surface area contributed by atoms with Crippen molar-refractivity contribution in [2.45, 2.75) is 0 Å². The summed E-state index contributed by atoms with van der Waals surface area (Å²) in [6.45, 7) is 0. The lowest BCUT2D eigenvalue weighted by molar-refractivity contribution is 0.112. The van der Waals surface area contributed by atoms with Crippen LogP contribution >= 0.6 is 11.6 Å². The molecule has 5 rings (SSSR count). The molecule has 1 aromatic carbocycles. The van der Waals surface area contributed by atoms with Crippen LogP contribution in [0.25, 0.3) is 44.3 Å². The predicted octanol–water partition coefficient (Wildman–Crippen LogP) is 4.78. The molecule has 0 amide bonds. The number of benzene rings is 1. The molecule has 0 aliphatic carbocycles. The van der Waals surface area contributed by atoms with E-state index in [1.54, 1.807) is 48.4 Å². The molecule has 0 fully saturated rings. The third-order valence-corrected chi connectivity index (χ3v) is 5.39. The zero-order valence-electron chi connectivity index (χ0n) is 15.1. The Labute approximate surface area is 169 Å². The van der Waals surface area contributed by atoms with Crippen LogP contribution in [0.1, 0.15) is 10.4 Å². The Kier molecular flexibility index (Phi) is 3.92. The molecule has 6 nitrogen and oxygen atoms in total.